The zero-order valence-electron chi connectivity index (χ0n) is 19.3. The maximum atomic E-state index is 13.0. The Balaban J connectivity index is 1.80. The second-order valence-electron chi connectivity index (χ2n) is 8.56. The van der Waals surface area contributed by atoms with Gasteiger partial charge in [-0.1, -0.05) is 29.4 Å². The molecule has 1 saturated heterocycles. The number of fused-ring (bicyclic) bond motifs is 3. The summed E-state index contributed by atoms with van der Waals surface area (Å²) in [7, 11) is 0. The summed E-state index contributed by atoms with van der Waals surface area (Å²) >= 11 is 0. The molecule has 0 bridgehead atoms. The van der Waals surface area contributed by atoms with Crippen LogP contribution >= 0.6 is 0 Å². The van der Waals surface area contributed by atoms with Gasteiger partial charge >= 0.3 is 17.9 Å². The Morgan fingerprint density at radius 1 is 1.15 bits per heavy atom. The van der Waals surface area contributed by atoms with E-state index >= 15 is 0 Å². The highest BCUT2D eigenvalue weighted by molar-refractivity contribution is 5.93. The van der Waals surface area contributed by atoms with Crippen LogP contribution in [-0.4, -0.2) is 71.9 Å². The van der Waals surface area contributed by atoms with Crippen LogP contribution in [0.5, 0.6) is 0 Å². The third kappa shape index (κ3) is 5.06. The van der Waals surface area contributed by atoms with Crippen molar-refractivity contribution in [3.05, 3.63) is 58.2 Å². The number of hydrogen-bond donors (Lipinski definition) is 3. The van der Waals surface area contributed by atoms with Crippen LogP contribution in [-0.2, 0) is 28.6 Å². The van der Waals surface area contributed by atoms with Crippen molar-refractivity contribution in [2.24, 2.45) is 11.8 Å². The average Bonchev–Trinajstić information content (AvgIpc) is 3.29. The Kier molecular flexibility index (Phi) is 8.24. The number of carbonyl (C=O) groups is 3. The predicted molar refractivity (Wildman–Crippen MR) is 120 cm³/mol. The highest BCUT2D eigenvalue weighted by Crippen LogP contribution is 2.49. The lowest BCUT2D eigenvalue weighted by Crippen LogP contribution is -2.36. The molecule has 0 aromatic rings. The average molecular weight is 475 g/mol. The molecule has 0 amide bonds. The number of ether oxygens (including phenoxy) is 3. The summed E-state index contributed by atoms with van der Waals surface area (Å²) in [6.45, 7) is 5.73. The minimum absolute atomic E-state index is 0.0828. The first-order valence-corrected chi connectivity index (χ1v) is 11.1. The Morgan fingerprint density at radius 3 is 2.47 bits per heavy atom. The molecule has 2 aliphatic carbocycles. The third-order valence-electron chi connectivity index (χ3n) is 6.54. The van der Waals surface area contributed by atoms with Crippen molar-refractivity contribution in [3.8, 4) is 0 Å². The second-order valence-corrected chi connectivity index (χ2v) is 8.56. The third-order valence-corrected chi connectivity index (χ3v) is 6.54. The zero-order valence-corrected chi connectivity index (χ0v) is 19.3. The van der Waals surface area contributed by atoms with Gasteiger partial charge in [-0.2, -0.15) is 0 Å². The van der Waals surface area contributed by atoms with Gasteiger partial charge in [0, 0.05) is 17.9 Å². The molecular weight excluding hydrogens is 444 g/mol. The van der Waals surface area contributed by atoms with Crippen molar-refractivity contribution < 1.29 is 43.9 Å². The molecule has 34 heavy (non-hydrogen) atoms. The number of carbonyl (C=O) groups excluding carboxylic acids is 3. The number of aliphatic hydroxyl groups excluding tert-OH is 3. The van der Waals surface area contributed by atoms with Crippen LogP contribution in [0.15, 0.2) is 58.2 Å². The van der Waals surface area contributed by atoms with Crippen LogP contribution in [0.25, 0.3) is 0 Å². The van der Waals surface area contributed by atoms with E-state index in [0.717, 1.165) is 35.3 Å². The summed E-state index contributed by atoms with van der Waals surface area (Å²) in [5, 5.41) is 27.5. The normalized spacial score (nSPS) is 27.0. The molecule has 0 aromatic carbocycles. The van der Waals surface area contributed by atoms with Gasteiger partial charge in [0.15, 0.2) is 0 Å². The molecule has 0 unspecified atom stereocenters. The van der Waals surface area contributed by atoms with E-state index in [2.05, 4.69) is 12.7 Å². The van der Waals surface area contributed by atoms with Gasteiger partial charge in [-0.05, 0) is 32.4 Å². The topological polar surface area (TPSA) is 140 Å². The lowest BCUT2D eigenvalue weighted by atomic mass is 9.82. The lowest BCUT2D eigenvalue weighted by Gasteiger charge is -2.28. The first kappa shape index (κ1) is 25.6. The fraction of sp³-hybridized carbons (Fsp3) is 0.480. The van der Waals surface area contributed by atoms with Crippen LogP contribution in [0.1, 0.15) is 26.7 Å². The number of rotatable bonds is 8. The van der Waals surface area contributed by atoms with Crippen LogP contribution in [0.4, 0.5) is 0 Å². The highest BCUT2D eigenvalue weighted by atomic mass is 16.6. The number of allylic oxidation sites excluding steroid dienone is 1. The standard InChI is InChI=1S/C25H30O9/c1-13-4-5-18-14(2)10-19(21-15(3)23(29)34-22(21)20(13)18)33-25(31)17(7-9-27)12-32-24(30)16(11-28)6-8-26/h4,6-7,19-22,26-28H,3,5,8-12H2,1-2H3/b16-6+,17-7+/t19-,20-,21-,22-/m1/s1. The van der Waals surface area contributed by atoms with Crippen molar-refractivity contribution >= 4 is 17.9 Å². The fourth-order valence-corrected chi connectivity index (χ4v) is 4.77. The molecular formula is C25H30O9. The van der Waals surface area contributed by atoms with E-state index in [1.165, 1.54) is 0 Å². The molecule has 0 saturated carbocycles. The summed E-state index contributed by atoms with van der Waals surface area (Å²) in [5.41, 5.74) is 3.28. The van der Waals surface area contributed by atoms with E-state index in [1.54, 1.807) is 0 Å². The molecule has 3 rings (SSSR count). The van der Waals surface area contributed by atoms with Crippen molar-refractivity contribution in [1.29, 1.82) is 0 Å². The molecule has 1 heterocycles. The SMILES string of the molecule is C=C1C(=O)O[C@@H]2[C@@H]3C(C)=CCC3=C(C)C[C@@H](OC(=O)/C(=C/CO)COC(=O)/C(=C/CO)CO)[C@@H]12. The van der Waals surface area contributed by atoms with E-state index in [9.17, 15) is 24.6 Å². The molecule has 3 aliphatic rings. The predicted octanol–water partition coefficient (Wildman–Crippen LogP) is 1.06. The minimum Gasteiger partial charge on any atom is -0.458 e. The highest BCUT2D eigenvalue weighted by Gasteiger charge is 2.52. The van der Waals surface area contributed by atoms with Gasteiger partial charge < -0.3 is 29.5 Å². The Labute approximate surface area is 197 Å². The second kappa shape index (κ2) is 10.9. The molecule has 184 valence electrons. The molecule has 3 N–H and O–H groups in total. The smallest absolute Gasteiger partial charge is 0.337 e. The molecule has 9 nitrogen and oxygen atoms in total. The van der Waals surface area contributed by atoms with Crippen LogP contribution in [0.2, 0.25) is 0 Å². The number of aliphatic hydroxyl groups is 3. The summed E-state index contributed by atoms with van der Waals surface area (Å²) in [4.78, 5) is 37.4. The molecule has 0 radical (unpaired) electrons. The van der Waals surface area contributed by atoms with E-state index in [4.69, 9.17) is 19.3 Å². The quantitative estimate of drug-likeness (QED) is 0.204. The first-order valence-electron chi connectivity index (χ1n) is 11.1. The minimum atomic E-state index is -0.915. The molecule has 0 aromatic heterocycles. The van der Waals surface area contributed by atoms with Crippen molar-refractivity contribution in [2.45, 2.75) is 38.9 Å². The molecule has 1 fully saturated rings. The largest absolute Gasteiger partial charge is 0.458 e. The van der Waals surface area contributed by atoms with Gasteiger partial charge in [0.2, 0.25) is 0 Å². The van der Waals surface area contributed by atoms with E-state index in [-0.39, 0.29) is 22.6 Å². The van der Waals surface area contributed by atoms with Crippen LogP contribution < -0.4 is 0 Å². The van der Waals surface area contributed by atoms with Crippen molar-refractivity contribution in [1.82, 2.24) is 0 Å². The van der Waals surface area contributed by atoms with Crippen molar-refractivity contribution in [3.63, 3.8) is 0 Å². The van der Waals surface area contributed by atoms with Gasteiger partial charge in [0.1, 0.15) is 18.8 Å². The Hall–Kier alpha value is -3.01. The lowest BCUT2D eigenvalue weighted by molar-refractivity contribution is -0.149. The van der Waals surface area contributed by atoms with Gasteiger partial charge in [-0.3, -0.25) is 0 Å². The van der Waals surface area contributed by atoms with Crippen LogP contribution in [0.3, 0.4) is 0 Å². The number of esters is 3. The Bertz CT molecular complexity index is 998. The van der Waals surface area contributed by atoms with Crippen molar-refractivity contribution in [2.75, 3.05) is 26.4 Å². The van der Waals surface area contributed by atoms with Gasteiger partial charge in [-0.15, -0.1) is 0 Å². The fourth-order valence-electron chi connectivity index (χ4n) is 4.77. The molecule has 0 spiro atoms. The summed E-state index contributed by atoms with van der Waals surface area (Å²) < 4.78 is 16.5. The first-order chi connectivity index (χ1) is 16.2. The molecule has 9 heteroatoms. The molecule has 4 atom stereocenters. The monoisotopic (exact) mass is 474 g/mol. The van der Waals surface area contributed by atoms with Gasteiger partial charge in [-0.25, -0.2) is 14.4 Å². The Morgan fingerprint density at radius 2 is 1.82 bits per heavy atom. The van der Waals surface area contributed by atoms with Crippen LogP contribution in [0, 0.1) is 11.8 Å². The molecule has 1 aliphatic heterocycles. The summed E-state index contributed by atoms with van der Waals surface area (Å²) in [6.07, 6.45) is 4.24. The van der Waals surface area contributed by atoms with E-state index in [1.807, 2.05) is 13.8 Å². The maximum absolute atomic E-state index is 13.0. The zero-order chi connectivity index (χ0) is 25.0. The van der Waals surface area contributed by atoms with Gasteiger partial charge in [0.25, 0.3) is 0 Å². The number of hydrogen-bond acceptors (Lipinski definition) is 9. The van der Waals surface area contributed by atoms with Gasteiger partial charge in [0.05, 0.1) is 36.9 Å². The summed E-state index contributed by atoms with van der Waals surface area (Å²) in [5.74, 6) is -2.86. The maximum Gasteiger partial charge on any atom is 0.337 e. The van der Waals surface area contributed by atoms with E-state index in [0.29, 0.717) is 6.42 Å². The van der Waals surface area contributed by atoms with E-state index < -0.39 is 62.5 Å². The summed E-state index contributed by atoms with van der Waals surface area (Å²) in [6, 6.07) is 0.